The third-order valence-electron chi connectivity index (χ3n) is 5.60. The van der Waals surface area contributed by atoms with Gasteiger partial charge in [-0.15, -0.1) is 0 Å². The molecule has 0 aliphatic heterocycles. The van der Waals surface area contributed by atoms with Gasteiger partial charge in [-0.3, -0.25) is 0 Å². The molecule has 2 atom stereocenters. The summed E-state index contributed by atoms with van der Waals surface area (Å²) in [6.07, 6.45) is 10.7. The number of imidazole rings is 1. The van der Waals surface area contributed by atoms with Crippen LogP contribution < -0.4 is 0 Å². The predicted molar refractivity (Wildman–Crippen MR) is 93.0 cm³/mol. The molecule has 4 nitrogen and oxygen atoms in total. The number of carbonyl (C=O) groups is 1. The minimum atomic E-state index is -0.942. The molecule has 126 valence electrons. The summed E-state index contributed by atoms with van der Waals surface area (Å²) in [7, 11) is 0. The Hall–Kier alpha value is -2.10. The largest absolute Gasteiger partial charge is 0.476 e. The van der Waals surface area contributed by atoms with E-state index in [1.165, 1.54) is 38.5 Å². The van der Waals surface area contributed by atoms with E-state index < -0.39 is 5.97 Å². The van der Waals surface area contributed by atoms with E-state index in [0.717, 1.165) is 23.6 Å². The van der Waals surface area contributed by atoms with Gasteiger partial charge in [0.1, 0.15) is 0 Å². The van der Waals surface area contributed by atoms with E-state index in [1.807, 2.05) is 30.3 Å². The minimum absolute atomic E-state index is 0.178. The Labute approximate surface area is 142 Å². The summed E-state index contributed by atoms with van der Waals surface area (Å²) in [5.41, 5.74) is 1.90. The zero-order chi connectivity index (χ0) is 16.5. The highest BCUT2D eigenvalue weighted by atomic mass is 16.4. The lowest BCUT2D eigenvalue weighted by molar-refractivity contribution is 0.0691. The third kappa shape index (κ3) is 2.97. The van der Waals surface area contributed by atoms with Gasteiger partial charge >= 0.3 is 5.97 Å². The molecule has 1 heterocycles. The summed E-state index contributed by atoms with van der Waals surface area (Å²) in [6, 6.07) is 10.2. The number of carboxylic acids is 1. The van der Waals surface area contributed by atoms with Crippen LogP contribution in [0, 0.1) is 11.8 Å². The van der Waals surface area contributed by atoms with Gasteiger partial charge in [0.15, 0.2) is 5.69 Å². The average Bonchev–Trinajstić information content (AvgIpc) is 3.30. The maximum atomic E-state index is 11.7. The van der Waals surface area contributed by atoms with Crippen LogP contribution in [0.2, 0.25) is 0 Å². The van der Waals surface area contributed by atoms with Crippen molar-refractivity contribution < 1.29 is 9.90 Å². The van der Waals surface area contributed by atoms with Crippen LogP contribution in [0.5, 0.6) is 0 Å². The van der Waals surface area contributed by atoms with E-state index in [4.69, 9.17) is 0 Å². The molecule has 2 aliphatic carbocycles. The van der Waals surface area contributed by atoms with Gasteiger partial charge in [0.25, 0.3) is 0 Å². The van der Waals surface area contributed by atoms with Gasteiger partial charge in [0.05, 0.1) is 12.0 Å². The zero-order valence-corrected chi connectivity index (χ0v) is 13.9. The molecule has 4 heteroatoms. The Balaban J connectivity index is 1.74. The molecule has 0 radical (unpaired) electrons. The van der Waals surface area contributed by atoms with Gasteiger partial charge in [-0.25, -0.2) is 9.78 Å². The van der Waals surface area contributed by atoms with Gasteiger partial charge < -0.3 is 9.67 Å². The molecule has 1 aromatic heterocycles. The molecule has 2 fully saturated rings. The predicted octanol–water partition coefficient (Wildman–Crippen LogP) is 4.78. The molecule has 2 aliphatic rings. The van der Waals surface area contributed by atoms with E-state index in [1.54, 1.807) is 6.33 Å². The lowest BCUT2D eigenvalue weighted by Crippen LogP contribution is -2.24. The maximum Gasteiger partial charge on any atom is 0.356 e. The first-order valence-electron chi connectivity index (χ1n) is 9.09. The zero-order valence-electron chi connectivity index (χ0n) is 13.9. The van der Waals surface area contributed by atoms with E-state index in [-0.39, 0.29) is 5.69 Å². The summed E-state index contributed by atoms with van der Waals surface area (Å²) in [6.45, 7) is 0. The van der Waals surface area contributed by atoms with Crippen molar-refractivity contribution in [3.63, 3.8) is 0 Å². The topological polar surface area (TPSA) is 55.1 Å². The second-order valence-corrected chi connectivity index (χ2v) is 7.31. The second-order valence-electron chi connectivity index (χ2n) is 7.31. The van der Waals surface area contributed by atoms with Crippen molar-refractivity contribution in [2.24, 2.45) is 11.8 Å². The summed E-state index contributed by atoms with van der Waals surface area (Å²) >= 11 is 0. The van der Waals surface area contributed by atoms with Gasteiger partial charge in [-0.1, -0.05) is 56.0 Å². The van der Waals surface area contributed by atoms with Crippen molar-refractivity contribution in [3.8, 4) is 11.3 Å². The van der Waals surface area contributed by atoms with Crippen molar-refractivity contribution in [1.82, 2.24) is 9.55 Å². The molecule has 2 saturated carbocycles. The molecule has 1 N–H and O–H groups in total. The van der Waals surface area contributed by atoms with Crippen LogP contribution in [0.25, 0.3) is 11.3 Å². The van der Waals surface area contributed by atoms with Crippen LogP contribution in [-0.4, -0.2) is 20.6 Å². The van der Waals surface area contributed by atoms with Gasteiger partial charge in [0.2, 0.25) is 0 Å². The van der Waals surface area contributed by atoms with Crippen molar-refractivity contribution in [1.29, 1.82) is 0 Å². The molecule has 0 spiro atoms. The van der Waals surface area contributed by atoms with Crippen LogP contribution in [0.15, 0.2) is 36.7 Å². The normalized spacial score (nSPS) is 24.0. The number of rotatable bonds is 5. The highest BCUT2D eigenvalue weighted by molar-refractivity contribution is 5.93. The number of hydrogen-bond acceptors (Lipinski definition) is 2. The van der Waals surface area contributed by atoms with Crippen molar-refractivity contribution in [2.45, 2.75) is 51.0 Å². The fourth-order valence-corrected chi connectivity index (χ4v) is 4.26. The SMILES string of the molecule is O=C(O)c1ncn([C@@H]2CCCC[C@H]2CC2CC2)c1-c1ccccc1. The Kier molecular flexibility index (Phi) is 4.13. The van der Waals surface area contributed by atoms with Crippen LogP contribution in [0.4, 0.5) is 0 Å². The quantitative estimate of drug-likeness (QED) is 0.861. The second kappa shape index (κ2) is 6.42. The first-order valence-corrected chi connectivity index (χ1v) is 9.09. The Morgan fingerprint density at radius 2 is 1.88 bits per heavy atom. The number of carboxylic acid groups (broad SMARTS) is 1. The molecule has 1 aromatic carbocycles. The first-order chi connectivity index (χ1) is 11.7. The summed E-state index contributed by atoms with van der Waals surface area (Å²) in [4.78, 5) is 15.9. The van der Waals surface area contributed by atoms with E-state index in [9.17, 15) is 9.90 Å². The van der Waals surface area contributed by atoms with E-state index >= 15 is 0 Å². The number of benzene rings is 1. The minimum Gasteiger partial charge on any atom is -0.476 e. The van der Waals surface area contributed by atoms with Gasteiger partial charge in [0, 0.05) is 11.6 Å². The maximum absolute atomic E-state index is 11.7. The lowest BCUT2D eigenvalue weighted by atomic mass is 9.81. The lowest BCUT2D eigenvalue weighted by Gasteiger charge is -2.34. The first kappa shape index (κ1) is 15.4. The number of nitrogens with zero attached hydrogens (tertiary/aromatic N) is 2. The molecule has 0 amide bonds. The molecule has 0 unspecified atom stereocenters. The van der Waals surface area contributed by atoms with Crippen LogP contribution in [0.1, 0.15) is 61.5 Å². The summed E-state index contributed by atoms with van der Waals surface area (Å²) in [5, 5.41) is 9.58. The number of aromatic carboxylic acids is 1. The van der Waals surface area contributed by atoms with Crippen molar-refractivity contribution in [2.75, 3.05) is 0 Å². The Bertz CT molecular complexity index is 718. The molecule has 24 heavy (non-hydrogen) atoms. The molecule has 2 aromatic rings. The Morgan fingerprint density at radius 3 is 2.58 bits per heavy atom. The highest BCUT2D eigenvalue weighted by Crippen LogP contribution is 2.45. The highest BCUT2D eigenvalue weighted by Gasteiger charge is 2.34. The Morgan fingerprint density at radius 1 is 1.12 bits per heavy atom. The molecule has 4 rings (SSSR count). The number of aromatic nitrogens is 2. The van der Waals surface area contributed by atoms with Crippen molar-refractivity contribution >= 4 is 5.97 Å². The molecule has 0 saturated heterocycles. The fraction of sp³-hybridized carbons (Fsp3) is 0.500. The van der Waals surface area contributed by atoms with E-state index in [0.29, 0.717) is 12.0 Å². The van der Waals surface area contributed by atoms with E-state index in [2.05, 4.69) is 9.55 Å². The summed E-state index contributed by atoms with van der Waals surface area (Å²) < 4.78 is 2.17. The third-order valence-corrected chi connectivity index (χ3v) is 5.60. The standard InChI is InChI=1S/C20H24N2O2/c23-20(24)18-19(15-6-2-1-3-7-15)22(13-21-18)17-9-5-4-8-16(17)12-14-10-11-14/h1-3,6-7,13-14,16-17H,4-5,8-12H2,(H,23,24)/t16-,17+/m0/s1. The summed E-state index contributed by atoms with van der Waals surface area (Å²) in [5.74, 6) is 0.616. The van der Waals surface area contributed by atoms with Crippen molar-refractivity contribution in [3.05, 3.63) is 42.4 Å². The van der Waals surface area contributed by atoms with Crippen LogP contribution >= 0.6 is 0 Å². The smallest absolute Gasteiger partial charge is 0.356 e. The van der Waals surface area contributed by atoms with Gasteiger partial charge in [-0.2, -0.15) is 0 Å². The van der Waals surface area contributed by atoms with Gasteiger partial charge in [-0.05, 0) is 31.1 Å². The fourth-order valence-electron chi connectivity index (χ4n) is 4.26. The number of hydrogen-bond donors (Lipinski definition) is 1. The molecule has 0 bridgehead atoms. The molecular formula is C20H24N2O2. The molecular weight excluding hydrogens is 300 g/mol. The van der Waals surface area contributed by atoms with Crippen LogP contribution in [0.3, 0.4) is 0 Å². The average molecular weight is 324 g/mol. The monoisotopic (exact) mass is 324 g/mol. The van der Waals surface area contributed by atoms with Crippen LogP contribution in [-0.2, 0) is 0 Å².